The first-order valence-corrected chi connectivity index (χ1v) is 4.95. The lowest BCUT2D eigenvalue weighted by Crippen LogP contribution is -2.29. The van der Waals surface area contributed by atoms with Crippen molar-refractivity contribution in [3.05, 3.63) is 38.3 Å². The second-order valence-electron chi connectivity index (χ2n) is 3.19. The molecule has 1 aromatic heterocycles. The standard InChI is InChI=1S/C9H11N5O4/c10-1-2-12-9(17)8-7(16)6(15)3-5(18-8)4-13-14-11/h3,16H,1-2,4,10H2,(H,12,17). The van der Waals surface area contributed by atoms with Crippen molar-refractivity contribution >= 4 is 5.91 Å². The van der Waals surface area contributed by atoms with Gasteiger partial charge in [-0.1, -0.05) is 5.11 Å². The minimum atomic E-state index is -0.797. The Morgan fingerprint density at radius 3 is 3.00 bits per heavy atom. The zero-order valence-electron chi connectivity index (χ0n) is 9.29. The van der Waals surface area contributed by atoms with Crippen molar-refractivity contribution in [2.75, 3.05) is 13.1 Å². The van der Waals surface area contributed by atoms with Gasteiger partial charge in [0.25, 0.3) is 5.91 Å². The Morgan fingerprint density at radius 2 is 2.39 bits per heavy atom. The van der Waals surface area contributed by atoms with Crippen LogP contribution in [0.15, 0.2) is 20.4 Å². The zero-order chi connectivity index (χ0) is 13.5. The summed E-state index contributed by atoms with van der Waals surface area (Å²) in [5, 5.41) is 14.9. The van der Waals surface area contributed by atoms with Crippen LogP contribution < -0.4 is 16.5 Å². The largest absolute Gasteiger partial charge is 0.501 e. The van der Waals surface area contributed by atoms with Crippen molar-refractivity contribution in [3.8, 4) is 5.75 Å². The van der Waals surface area contributed by atoms with Gasteiger partial charge in [-0.3, -0.25) is 9.59 Å². The van der Waals surface area contributed by atoms with E-state index in [-0.39, 0.29) is 25.4 Å². The van der Waals surface area contributed by atoms with Crippen molar-refractivity contribution in [1.29, 1.82) is 0 Å². The average molecular weight is 253 g/mol. The summed E-state index contributed by atoms with van der Waals surface area (Å²) in [7, 11) is 0. The Balaban J connectivity index is 3.09. The molecule has 0 saturated heterocycles. The SMILES string of the molecule is [N-]=[N+]=NCc1cc(=O)c(O)c(C(=O)NCCN)o1. The topological polar surface area (TPSA) is 154 Å². The summed E-state index contributed by atoms with van der Waals surface area (Å²) in [5.74, 6) is -2.11. The first-order chi connectivity index (χ1) is 8.60. The number of aromatic hydroxyl groups is 1. The molecule has 0 fully saturated rings. The number of hydrogen-bond donors (Lipinski definition) is 3. The van der Waals surface area contributed by atoms with Gasteiger partial charge in [0, 0.05) is 24.1 Å². The Kier molecular flexibility index (Phi) is 4.73. The molecule has 1 amide bonds. The van der Waals surface area contributed by atoms with Crippen LogP contribution in [0.5, 0.6) is 5.75 Å². The van der Waals surface area contributed by atoms with E-state index in [0.717, 1.165) is 6.07 Å². The number of carbonyl (C=O) groups is 1. The monoisotopic (exact) mass is 253 g/mol. The summed E-state index contributed by atoms with van der Waals surface area (Å²) in [6, 6.07) is 0.948. The maximum atomic E-state index is 11.5. The second kappa shape index (κ2) is 6.28. The quantitative estimate of drug-likeness (QED) is 0.378. The lowest BCUT2D eigenvalue weighted by Gasteiger charge is -2.05. The van der Waals surface area contributed by atoms with Gasteiger partial charge in [0.2, 0.25) is 16.9 Å². The Bertz CT molecular complexity index is 546. The van der Waals surface area contributed by atoms with Gasteiger partial charge in [-0.25, -0.2) is 0 Å². The Labute approximate surface area is 101 Å². The van der Waals surface area contributed by atoms with Crippen LogP contribution in [0.4, 0.5) is 0 Å². The molecular formula is C9H11N5O4. The first-order valence-electron chi connectivity index (χ1n) is 4.95. The molecule has 0 atom stereocenters. The molecule has 9 nitrogen and oxygen atoms in total. The number of nitrogens with zero attached hydrogens (tertiary/aromatic N) is 3. The molecule has 1 heterocycles. The maximum Gasteiger partial charge on any atom is 0.291 e. The molecule has 9 heteroatoms. The third-order valence-corrected chi connectivity index (χ3v) is 1.90. The number of carbonyl (C=O) groups excluding carboxylic acids is 1. The fourth-order valence-electron chi connectivity index (χ4n) is 1.13. The summed E-state index contributed by atoms with van der Waals surface area (Å²) in [5.41, 5.74) is 12.5. The number of rotatable bonds is 5. The normalized spacial score (nSPS) is 9.61. The highest BCUT2D eigenvalue weighted by Gasteiger charge is 2.18. The molecule has 1 rings (SSSR count). The molecule has 4 N–H and O–H groups in total. The van der Waals surface area contributed by atoms with Crippen LogP contribution in [0.3, 0.4) is 0 Å². The molecule has 0 saturated carbocycles. The van der Waals surface area contributed by atoms with E-state index >= 15 is 0 Å². The highest BCUT2D eigenvalue weighted by atomic mass is 16.4. The van der Waals surface area contributed by atoms with E-state index in [9.17, 15) is 14.7 Å². The van der Waals surface area contributed by atoms with E-state index in [2.05, 4.69) is 15.3 Å². The average Bonchev–Trinajstić information content (AvgIpc) is 2.37. The van der Waals surface area contributed by atoms with Crippen molar-refractivity contribution in [2.24, 2.45) is 10.8 Å². The van der Waals surface area contributed by atoms with Gasteiger partial charge in [-0.05, 0) is 5.53 Å². The van der Waals surface area contributed by atoms with E-state index in [4.69, 9.17) is 15.7 Å². The molecule has 0 aliphatic heterocycles. The van der Waals surface area contributed by atoms with Crippen LogP contribution in [0.1, 0.15) is 16.3 Å². The zero-order valence-corrected chi connectivity index (χ0v) is 9.29. The Morgan fingerprint density at radius 1 is 1.67 bits per heavy atom. The van der Waals surface area contributed by atoms with Gasteiger partial charge in [-0.2, -0.15) is 0 Å². The predicted octanol–water partition coefficient (Wildman–Crippen LogP) is -0.156. The molecule has 96 valence electrons. The van der Waals surface area contributed by atoms with Crippen molar-refractivity contribution in [3.63, 3.8) is 0 Å². The van der Waals surface area contributed by atoms with Gasteiger partial charge in [0.15, 0.2) is 0 Å². The highest BCUT2D eigenvalue weighted by Crippen LogP contribution is 2.14. The number of hydrogen-bond acceptors (Lipinski definition) is 6. The minimum absolute atomic E-state index is 0.0199. The molecule has 0 aromatic carbocycles. The molecule has 0 aliphatic carbocycles. The molecule has 0 spiro atoms. The van der Waals surface area contributed by atoms with Gasteiger partial charge in [0.05, 0.1) is 6.54 Å². The third-order valence-electron chi connectivity index (χ3n) is 1.90. The van der Waals surface area contributed by atoms with E-state index in [1.807, 2.05) is 0 Å². The fraction of sp³-hybridized carbons (Fsp3) is 0.333. The second-order valence-corrected chi connectivity index (χ2v) is 3.19. The van der Waals surface area contributed by atoms with Crippen LogP contribution in [-0.4, -0.2) is 24.1 Å². The number of nitrogens with one attached hydrogen (secondary N) is 1. The molecular weight excluding hydrogens is 242 g/mol. The van der Waals surface area contributed by atoms with Gasteiger partial charge in [-0.15, -0.1) is 0 Å². The number of azide groups is 1. The summed E-state index contributed by atoms with van der Waals surface area (Å²) in [6.07, 6.45) is 0. The minimum Gasteiger partial charge on any atom is -0.501 e. The van der Waals surface area contributed by atoms with Gasteiger partial charge < -0.3 is 20.6 Å². The molecule has 0 bridgehead atoms. The summed E-state index contributed by atoms with van der Waals surface area (Å²) >= 11 is 0. The van der Waals surface area contributed by atoms with Crippen LogP contribution in [-0.2, 0) is 6.54 Å². The van der Waals surface area contributed by atoms with Crippen molar-refractivity contribution < 1.29 is 14.3 Å². The van der Waals surface area contributed by atoms with Crippen LogP contribution in [0.2, 0.25) is 0 Å². The summed E-state index contributed by atoms with van der Waals surface area (Å²) in [6.45, 7) is 0.140. The van der Waals surface area contributed by atoms with E-state index in [1.165, 1.54) is 0 Å². The molecule has 1 aromatic rings. The lowest BCUT2D eigenvalue weighted by atomic mass is 10.3. The van der Waals surface area contributed by atoms with Crippen LogP contribution in [0.25, 0.3) is 10.4 Å². The first kappa shape index (κ1) is 13.6. The number of nitrogens with two attached hydrogens (primary N) is 1. The van der Waals surface area contributed by atoms with E-state index in [1.54, 1.807) is 0 Å². The summed E-state index contributed by atoms with van der Waals surface area (Å²) in [4.78, 5) is 25.4. The highest BCUT2D eigenvalue weighted by molar-refractivity contribution is 5.93. The lowest BCUT2D eigenvalue weighted by molar-refractivity contribution is 0.0917. The van der Waals surface area contributed by atoms with Gasteiger partial charge in [0.1, 0.15) is 5.76 Å². The maximum absolute atomic E-state index is 11.5. The molecule has 0 radical (unpaired) electrons. The summed E-state index contributed by atoms with van der Waals surface area (Å²) < 4.78 is 4.98. The van der Waals surface area contributed by atoms with Crippen LogP contribution >= 0.6 is 0 Å². The molecule has 0 unspecified atom stereocenters. The predicted molar refractivity (Wildman–Crippen MR) is 60.9 cm³/mol. The fourth-order valence-corrected chi connectivity index (χ4v) is 1.13. The number of amides is 1. The Hall–Kier alpha value is -2.51. The third kappa shape index (κ3) is 3.24. The van der Waals surface area contributed by atoms with Crippen molar-refractivity contribution in [1.82, 2.24) is 5.32 Å². The smallest absolute Gasteiger partial charge is 0.291 e. The van der Waals surface area contributed by atoms with Crippen LogP contribution in [0, 0.1) is 0 Å². The van der Waals surface area contributed by atoms with Crippen molar-refractivity contribution in [2.45, 2.75) is 6.54 Å². The van der Waals surface area contributed by atoms with E-state index in [0.29, 0.717) is 0 Å². The van der Waals surface area contributed by atoms with Gasteiger partial charge >= 0.3 is 0 Å². The molecule has 18 heavy (non-hydrogen) atoms. The van der Waals surface area contributed by atoms with E-state index < -0.39 is 22.8 Å². The molecule has 0 aliphatic rings.